The summed E-state index contributed by atoms with van der Waals surface area (Å²) < 4.78 is 0. The molecule has 0 unspecified atom stereocenters. The van der Waals surface area contributed by atoms with Gasteiger partial charge in [0.25, 0.3) is 0 Å². The fraction of sp³-hybridized carbons (Fsp3) is 0.111. The minimum Gasteiger partial charge on any atom is -0.398 e. The summed E-state index contributed by atoms with van der Waals surface area (Å²) in [4.78, 5) is 0. The second kappa shape index (κ2) is 5.87. The minimum atomic E-state index is 0.746. The third-order valence-corrected chi connectivity index (χ3v) is 3.03. The van der Waals surface area contributed by atoms with E-state index in [4.69, 9.17) is 11.5 Å². The molecule has 2 aromatic rings. The van der Waals surface area contributed by atoms with Gasteiger partial charge in [-0.3, -0.25) is 0 Å². The quantitative estimate of drug-likeness (QED) is 0.565. The fourth-order valence-electron chi connectivity index (χ4n) is 1.64. The maximum absolute atomic E-state index is 5.83. The monoisotopic (exact) mass is 260 g/mol. The van der Waals surface area contributed by atoms with E-state index in [-0.39, 0.29) is 0 Å². The summed E-state index contributed by atoms with van der Waals surface area (Å²) in [5.74, 6) is 11.6. The van der Waals surface area contributed by atoms with Crippen LogP contribution in [-0.4, -0.2) is 0 Å². The van der Waals surface area contributed by atoms with Crippen molar-refractivity contribution in [2.75, 3.05) is 11.5 Å². The lowest BCUT2D eigenvalue weighted by Crippen LogP contribution is -1.89. The molecule has 0 spiro atoms. The molecule has 2 heteroatoms. The standard InChI is InChI=1S/C18H16N2/c1-13-7-9-15(11-17(13)19)5-3-4-6-16-10-8-14(2)18(20)12-16/h7-12H,19-20H2,1-2H3. The Balaban J connectivity index is 2.17. The maximum atomic E-state index is 5.83. The molecule has 20 heavy (non-hydrogen) atoms. The summed E-state index contributed by atoms with van der Waals surface area (Å²) in [5, 5.41) is 0. The Kier molecular flexibility index (Phi) is 3.99. The average molecular weight is 260 g/mol. The third kappa shape index (κ3) is 3.34. The van der Waals surface area contributed by atoms with Gasteiger partial charge >= 0.3 is 0 Å². The molecule has 2 aromatic carbocycles. The van der Waals surface area contributed by atoms with Gasteiger partial charge in [0.15, 0.2) is 0 Å². The van der Waals surface area contributed by atoms with Crippen molar-refractivity contribution >= 4 is 11.4 Å². The van der Waals surface area contributed by atoms with E-state index >= 15 is 0 Å². The zero-order valence-corrected chi connectivity index (χ0v) is 11.6. The van der Waals surface area contributed by atoms with Crippen LogP contribution in [0.2, 0.25) is 0 Å². The average Bonchev–Trinajstić information content (AvgIpc) is 2.42. The van der Waals surface area contributed by atoms with Crippen molar-refractivity contribution in [3.8, 4) is 23.7 Å². The summed E-state index contributed by atoms with van der Waals surface area (Å²) in [6.07, 6.45) is 0. The summed E-state index contributed by atoms with van der Waals surface area (Å²) in [6.45, 7) is 3.93. The predicted molar refractivity (Wildman–Crippen MR) is 84.9 cm³/mol. The van der Waals surface area contributed by atoms with Gasteiger partial charge in [-0.05, 0) is 61.1 Å². The van der Waals surface area contributed by atoms with Crippen LogP contribution >= 0.6 is 0 Å². The molecule has 0 radical (unpaired) electrons. The molecular formula is C18H16N2. The number of nitrogens with two attached hydrogens (primary N) is 2. The lowest BCUT2D eigenvalue weighted by atomic mass is 10.1. The first-order chi connectivity index (χ1) is 9.56. The van der Waals surface area contributed by atoms with Crippen LogP contribution in [0.3, 0.4) is 0 Å². The van der Waals surface area contributed by atoms with Gasteiger partial charge in [0, 0.05) is 22.5 Å². The smallest absolute Gasteiger partial charge is 0.0356 e. The summed E-state index contributed by atoms with van der Waals surface area (Å²) >= 11 is 0. The van der Waals surface area contributed by atoms with E-state index in [0.717, 1.165) is 33.6 Å². The largest absolute Gasteiger partial charge is 0.398 e. The second-order valence-corrected chi connectivity index (χ2v) is 4.64. The van der Waals surface area contributed by atoms with Crippen molar-refractivity contribution in [1.82, 2.24) is 0 Å². The first-order valence-electron chi connectivity index (χ1n) is 6.30. The van der Waals surface area contributed by atoms with Gasteiger partial charge < -0.3 is 11.5 Å². The van der Waals surface area contributed by atoms with Crippen LogP contribution in [0, 0.1) is 37.5 Å². The van der Waals surface area contributed by atoms with Crippen LogP contribution in [0.1, 0.15) is 22.3 Å². The highest BCUT2D eigenvalue weighted by atomic mass is 14.6. The molecule has 2 nitrogen and oxygen atoms in total. The first kappa shape index (κ1) is 13.6. The van der Waals surface area contributed by atoms with Gasteiger partial charge in [-0.25, -0.2) is 0 Å². The summed E-state index contributed by atoms with van der Waals surface area (Å²) in [5.41, 5.74) is 17.0. The zero-order valence-electron chi connectivity index (χ0n) is 11.6. The number of hydrogen-bond acceptors (Lipinski definition) is 2. The van der Waals surface area contributed by atoms with E-state index in [0.29, 0.717) is 0 Å². The van der Waals surface area contributed by atoms with Crippen LogP contribution in [0.5, 0.6) is 0 Å². The van der Waals surface area contributed by atoms with Gasteiger partial charge in [0.1, 0.15) is 0 Å². The molecule has 0 saturated carbocycles. The highest BCUT2D eigenvalue weighted by molar-refractivity contribution is 5.55. The Morgan fingerprint density at radius 2 is 1.10 bits per heavy atom. The molecule has 4 N–H and O–H groups in total. The Morgan fingerprint density at radius 1 is 0.700 bits per heavy atom. The highest BCUT2D eigenvalue weighted by Gasteiger charge is 1.93. The van der Waals surface area contributed by atoms with Gasteiger partial charge in [-0.1, -0.05) is 24.0 Å². The normalized spacial score (nSPS) is 9.10. The van der Waals surface area contributed by atoms with E-state index in [1.54, 1.807) is 0 Å². The molecule has 0 aliphatic rings. The summed E-state index contributed by atoms with van der Waals surface area (Å²) in [6, 6.07) is 11.5. The van der Waals surface area contributed by atoms with Crippen molar-refractivity contribution in [2.45, 2.75) is 13.8 Å². The highest BCUT2D eigenvalue weighted by Crippen LogP contribution is 2.12. The van der Waals surface area contributed by atoms with Gasteiger partial charge in [0.05, 0.1) is 0 Å². The van der Waals surface area contributed by atoms with Crippen molar-refractivity contribution in [1.29, 1.82) is 0 Å². The Bertz CT molecular complexity index is 698. The lowest BCUT2D eigenvalue weighted by molar-refractivity contribution is 1.46. The van der Waals surface area contributed by atoms with Crippen molar-refractivity contribution in [2.24, 2.45) is 0 Å². The molecule has 0 amide bonds. The second-order valence-electron chi connectivity index (χ2n) is 4.64. The molecule has 0 aliphatic heterocycles. The van der Waals surface area contributed by atoms with E-state index in [2.05, 4.69) is 23.7 Å². The molecule has 2 rings (SSSR count). The fourth-order valence-corrected chi connectivity index (χ4v) is 1.64. The van der Waals surface area contributed by atoms with E-state index in [1.165, 1.54) is 0 Å². The minimum absolute atomic E-state index is 0.746. The molecule has 0 atom stereocenters. The van der Waals surface area contributed by atoms with Crippen molar-refractivity contribution in [3.05, 3.63) is 58.7 Å². The van der Waals surface area contributed by atoms with Crippen molar-refractivity contribution in [3.63, 3.8) is 0 Å². The number of aryl methyl sites for hydroxylation is 2. The van der Waals surface area contributed by atoms with Crippen LogP contribution in [0.4, 0.5) is 11.4 Å². The topological polar surface area (TPSA) is 52.0 Å². The van der Waals surface area contributed by atoms with Gasteiger partial charge in [0.2, 0.25) is 0 Å². The molecule has 0 heterocycles. The van der Waals surface area contributed by atoms with Crippen molar-refractivity contribution < 1.29 is 0 Å². The predicted octanol–water partition coefficient (Wildman–Crippen LogP) is 2.87. The Hall–Kier alpha value is -2.84. The lowest BCUT2D eigenvalue weighted by Gasteiger charge is -1.98. The number of benzene rings is 2. The number of rotatable bonds is 0. The van der Waals surface area contributed by atoms with Crippen LogP contribution < -0.4 is 11.5 Å². The third-order valence-electron chi connectivity index (χ3n) is 3.03. The summed E-state index contributed by atoms with van der Waals surface area (Å²) in [7, 11) is 0. The molecule has 0 aromatic heterocycles. The van der Waals surface area contributed by atoms with Crippen LogP contribution in [-0.2, 0) is 0 Å². The zero-order chi connectivity index (χ0) is 14.5. The molecular weight excluding hydrogens is 244 g/mol. The molecule has 0 bridgehead atoms. The molecule has 0 aliphatic carbocycles. The van der Waals surface area contributed by atoms with E-state index < -0.39 is 0 Å². The number of hydrogen-bond donors (Lipinski definition) is 2. The van der Waals surface area contributed by atoms with Gasteiger partial charge in [-0.2, -0.15) is 0 Å². The Labute approximate surface area is 119 Å². The van der Waals surface area contributed by atoms with Gasteiger partial charge in [-0.15, -0.1) is 0 Å². The SMILES string of the molecule is Cc1ccc(C#CC#Cc2ccc(C)c(N)c2)cc1N. The van der Waals surface area contributed by atoms with E-state index in [9.17, 15) is 0 Å². The first-order valence-corrected chi connectivity index (χ1v) is 6.30. The molecule has 0 fully saturated rings. The molecule has 0 saturated heterocycles. The van der Waals surface area contributed by atoms with Crippen LogP contribution in [0.25, 0.3) is 0 Å². The number of nitrogen functional groups attached to an aromatic ring is 2. The maximum Gasteiger partial charge on any atom is 0.0356 e. The Morgan fingerprint density at radius 3 is 1.45 bits per heavy atom. The van der Waals surface area contributed by atoms with E-state index in [1.807, 2.05) is 50.2 Å². The number of anilines is 2. The van der Waals surface area contributed by atoms with Crippen LogP contribution in [0.15, 0.2) is 36.4 Å². The molecule has 98 valence electrons.